The van der Waals surface area contributed by atoms with Crippen molar-refractivity contribution in [2.24, 2.45) is 5.73 Å². The quantitative estimate of drug-likeness (QED) is 0.845. The van der Waals surface area contributed by atoms with Gasteiger partial charge in [-0.05, 0) is 17.5 Å². The van der Waals surface area contributed by atoms with Gasteiger partial charge in [0.2, 0.25) is 0 Å². The largest absolute Gasteiger partial charge is 0.324 e. The molecule has 0 saturated carbocycles. The first-order valence-corrected chi connectivity index (χ1v) is 10.4. The zero-order valence-corrected chi connectivity index (χ0v) is 13.1. The van der Waals surface area contributed by atoms with Crippen LogP contribution in [-0.2, 0) is 6.42 Å². The summed E-state index contributed by atoms with van der Waals surface area (Å²) in [5.74, 6) is 0. The summed E-state index contributed by atoms with van der Waals surface area (Å²) >= 11 is 0. The van der Waals surface area contributed by atoms with E-state index in [2.05, 4.69) is 68.2 Å². The molecule has 0 aliphatic rings. The average Bonchev–Trinajstić information content (AvgIpc) is 2.39. The third-order valence-corrected chi connectivity index (χ3v) is 5.54. The first-order valence-electron chi connectivity index (χ1n) is 6.87. The maximum atomic E-state index is 6.45. The molecule has 0 radical (unpaired) electrons. The Morgan fingerprint density at radius 1 is 0.895 bits per heavy atom. The number of hydrogen-bond donors (Lipinski definition) is 1. The Labute approximate surface area is 117 Å². The van der Waals surface area contributed by atoms with E-state index in [1.807, 2.05) is 6.07 Å². The second-order valence-corrected chi connectivity index (χ2v) is 11.2. The van der Waals surface area contributed by atoms with Gasteiger partial charge < -0.3 is 5.73 Å². The van der Waals surface area contributed by atoms with Crippen LogP contribution in [0.5, 0.6) is 0 Å². The van der Waals surface area contributed by atoms with Gasteiger partial charge in [-0.25, -0.2) is 0 Å². The lowest BCUT2D eigenvalue weighted by molar-refractivity contribution is 0.725. The van der Waals surface area contributed by atoms with Crippen molar-refractivity contribution in [3.8, 4) is 0 Å². The van der Waals surface area contributed by atoms with Crippen molar-refractivity contribution in [3.05, 3.63) is 65.7 Å². The van der Waals surface area contributed by atoms with E-state index < -0.39 is 8.07 Å². The zero-order valence-electron chi connectivity index (χ0n) is 12.1. The molecular formula is C17H23NSi. The Hall–Kier alpha value is -1.38. The molecule has 100 valence electrons. The molecule has 2 rings (SSSR count). The summed E-state index contributed by atoms with van der Waals surface area (Å²) in [6, 6.07) is 19.3. The van der Waals surface area contributed by atoms with Crippen molar-refractivity contribution >= 4 is 13.3 Å². The first kappa shape index (κ1) is 14.0. The van der Waals surface area contributed by atoms with Gasteiger partial charge in [0.25, 0.3) is 0 Å². The summed E-state index contributed by atoms with van der Waals surface area (Å²) in [4.78, 5) is 0. The highest BCUT2D eigenvalue weighted by Gasteiger charge is 2.22. The Balaban J connectivity index is 2.27. The van der Waals surface area contributed by atoms with Gasteiger partial charge in [-0.2, -0.15) is 0 Å². The highest BCUT2D eigenvalue weighted by Crippen LogP contribution is 2.17. The molecule has 0 bridgehead atoms. The minimum atomic E-state index is -1.34. The van der Waals surface area contributed by atoms with Crippen molar-refractivity contribution in [2.45, 2.75) is 32.1 Å². The summed E-state index contributed by atoms with van der Waals surface area (Å²) in [6.45, 7) is 7.13. The molecule has 1 atom stereocenters. The van der Waals surface area contributed by atoms with E-state index in [0.717, 1.165) is 6.42 Å². The summed E-state index contributed by atoms with van der Waals surface area (Å²) < 4.78 is 0. The van der Waals surface area contributed by atoms with E-state index in [-0.39, 0.29) is 6.04 Å². The van der Waals surface area contributed by atoms with Crippen molar-refractivity contribution in [3.63, 3.8) is 0 Å². The van der Waals surface area contributed by atoms with Gasteiger partial charge in [0, 0.05) is 6.04 Å². The van der Waals surface area contributed by atoms with Crippen LogP contribution in [0.2, 0.25) is 19.6 Å². The van der Waals surface area contributed by atoms with Gasteiger partial charge in [0.15, 0.2) is 0 Å². The van der Waals surface area contributed by atoms with E-state index in [9.17, 15) is 0 Å². The molecule has 0 saturated heterocycles. The summed E-state index contributed by atoms with van der Waals surface area (Å²) in [6.07, 6.45) is 0.905. The van der Waals surface area contributed by atoms with Crippen LogP contribution in [0.4, 0.5) is 0 Å². The molecule has 0 heterocycles. The predicted molar refractivity (Wildman–Crippen MR) is 86.5 cm³/mol. The minimum Gasteiger partial charge on any atom is -0.324 e. The molecule has 1 unspecified atom stereocenters. The second kappa shape index (κ2) is 5.72. The highest BCUT2D eigenvalue weighted by atomic mass is 28.3. The Morgan fingerprint density at radius 3 is 2.11 bits per heavy atom. The molecule has 0 amide bonds. The lowest BCUT2D eigenvalue weighted by atomic mass is 10.00. The minimum absolute atomic E-state index is 0.0883. The third kappa shape index (κ3) is 3.55. The molecule has 2 aromatic carbocycles. The fraction of sp³-hybridized carbons (Fsp3) is 0.294. The molecule has 2 N–H and O–H groups in total. The van der Waals surface area contributed by atoms with Crippen LogP contribution in [-0.4, -0.2) is 8.07 Å². The molecule has 2 aromatic rings. The molecular weight excluding hydrogens is 246 g/mol. The predicted octanol–water partition coefficient (Wildman–Crippen LogP) is 3.47. The van der Waals surface area contributed by atoms with Crippen LogP contribution in [0, 0.1) is 0 Å². The topological polar surface area (TPSA) is 26.0 Å². The average molecular weight is 269 g/mol. The van der Waals surface area contributed by atoms with Crippen LogP contribution < -0.4 is 10.9 Å². The lowest BCUT2D eigenvalue weighted by Crippen LogP contribution is -2.42. The normalized spacial score (nSPS) is 13.3. The Kier molecular flexibility index (Phi) is 4.23. The monoisotopic (exact) mass is 269 g/mol. The molecule has 19 heavy (non-hydrogen) atoms. The summed E-state index contributed by atoms with van der Waals surface area (Å²) in [5.41, 5.74) is 9.08. The Bertz CT molecular complexity index is 528. The van der Waals surface area contributed by atoms with Gasteiger partial charge >= 0.3 is 0 Å². The van der Waals surface area contributed by atoms with Gasteiger partial charge in [0.1, 0.15) is 0 Å². The molecule has 2 heteroatoms. The fourth-order valence-electron chi connectivity index (χ4n) is 2.48. The highest BCUT2D eigenvalue weighted by molar-refractivity contribution is 6.89. The number of nitrogens with two attached hydrogens (primary N) is 1. The first-order chi connectivity index (χ1) is 8.98. The molecule has 0 fully saturated rings. The number of rotatable bonds is 4. The molecule has 0 aliphatic heterocycles. The van der Waals surface area contributed by atoms with E-state index in [4.69, 9.17) is 5.73 Å². The van der Waals surface area contributed by atoms with Crippen LogP contribution in [0.25, 0.3) is 0 Å². The molecule has 0 aromatic heterocycles. The standard InChI is InChI=1S/C17H23NSi/c1-19(2,3)17-12-8-7-11-15(17)16(18)13-14-9-5-4-6-10-14/h4-12,16H,13,18H2,1-3H3. The number of hydrogen-bond acceptors (Lipinski definition) is 1. The van der Waals surface area contributed by atoms with E-state index in [1.54, 1.807) is 0 Å². The lowest BCUT2D eigenvalue weighted by Gasteiger charge is -2.24. The van der Waals surface area contributed by atoms with E-state index in [1.165, 1.54) is 16.3 Å². The van der Waals surface area contributed by atoms with Crippen LogP contribution in [0.3, 0.4) is 0 Å². The fourth-order valence-corrected chi connectivity index (χ4v) is 4.21. The van der Waals surface area contributed by atoms with Crippen molar-refractivity contribution in [1.82, 2.24) is 0 Å². The van der Waals surface area contributed by atoms with Crippen LogP contribution >= 0.6 is 0 Å². The van der Waals surface area contributed by atoms with Crippen molar-refractivity contribution < 1.29 is 0 Å². The third-order valence-electron chi connectivity index (χ3n) is 3.47. The van der Waals surface area contributed by atoms with Gasteiger partial charge in [-0.1, -0.05) is 79.4 Å². The smallest absolute Gasteiger partial charge is 0.0780 e. The SMILES string of the molecule is C[Si](C)(C)c1ccccc1C(N)Cc1ccccc1. The maximum absolute atomic E-state index is 6.45. The van der Waals surface area contributed by atoms with E-state index in [0.29, 0.717) is 0 Å². The Morgan fingerprint density at radius 2 is 1.47 bits per heavy atom. The molecule has 0 spiro atoms. The summed E-state index contributed by atoms with van der Waals surface area (Å²) in [5, 5.41) is 1.48. The molecule has 0 aliphatic carbocycles. The zero-order chi connectivity index (χ0) is 13.9. The van der Waals surface area contributed by atoms with Gasteiger partial charge in [-0.3, -0.25) is 0 Å². The number of benzene rings is 2. The molecule has 1 nitrogen and oxygen atoms in total. The van der Waals surface area contributed by atoms with Crippen LogP contribution in [0.1, 0.15) is 17.2 Å². The maximum Gasteiger partial charge on any atom is 0.0780 e. The van der Waals surface area contributed by atoms with Crippen LogP contribution in [0.15, 0.2) is 54.6 Å². The van der Waals surface area contributed by atoms with Crippen molar-refractivity contribution in [2.75, 3.05) is 0 Å². The second-order valence-electron chi connectivity index (χ2n) is 6.13. The van der Waals surface area contributed by atoms with Crippen molar-refractivity contribution in [1.29, 1.82) is 0 Å². The van der Waals surface area contributed by atoms with Gasteiger partial charge in [-0.15, -0.1) is 0 Å². The van der Waals surface area contributed by atoms with Gasteiger partial charge in [0.05, 0.1) is 8.07 Å². The summed E-state index contributed by atoms with van der Waals surface area (Å²) in [7, 11) is -1.34. The van der Waals surface area contributed by atoms with E-state index >= 15 is 0 Å².